The van der Waals surface area contributed by atoms with E-state index in [1.807, 2.05) is 0 Å². The SMILES string of the molecule is Cc1nc(NCCNC(=O)OCCOCCOCCO)c(NCc2ccc(-c3cc(Cl)ccc3Cl)o2)c(Nc2ccccc2C(=O)O)n1. The van der Waals surface area contributed by atoms with Gasteiger partial charge in [-0.25, -0.2) is 19.6 Å². The second-order valence-electron chi connectivity index (χ2n) is 10.0. The van der Waals surface area contributed by atoms with E-state index in [1.54, 1.807) is 55.5 Å². The summed E-state index contributed by atoms with van der Waals surface area (Å²) in [6.07, 6.45) is -0.616. The largest absolute Gasteiger partial charge is 0.478 e. The number of aromatic nitrogens is 2. The summed E-state index contributed by atoms with van der Waals surface area (Å²) in [5.41, 5.74) is 1.47. The van der Waals surface area contributed by atoms with E-state index in [-0.39, 0.29) is 51.6 Å². The molecule has 256 valence electrons. The highest BCUT2D eigenvalue weighted by molar-refractivity contribution is 6.35. The van der Waals surface area contributed by atoms with E-state index in [0.717, 1.165) is 0 Å². The molecule has 0 spiro atoms. The summed E-state index contributed by atoms with van der Waals surface area (Å²) >= 11 is 12.5. The Morgan fingerprint density at radius 1 is 0.896 bits per heavy atom. The first-order valence-corrected chi connectivity index (χ1v) is 15.7. The number of halogens is 2. The number of nitrogens with one attached hydrogen (secondary N) is 4. The molecule has 16 heteroatoms. The fourth-order valence-electron chi connectivity index (χ4n) is 4.32. The summed E-state index contributed by atoms with van der Waals surface area (Å²) in [5, 5.41) is 31.7. The van der Waals surface area contributed by atoms with E-state index in [1.165, 1.54) is 6.07 Å². The summed E-state index contributed by atoms with van der Waals surface area (Å²) in [6.45, 7) is 3.47. The van der Waals surface area contributed by atoms with Crippen LogP contribution in [-0.2, 0) is 20.8 Å². The second-order valence-corrected chi connectivity index (χ2v) is 10.8. The predicted molar refractivity (Wildman–Crippen MR) is 182 cm³/mol. The van der Waals surface area contributed by atoms with Crippen LogP contribution in [0.5, 0.6) is 0 Å². The Morgan fingerprint density at radius 3 is 2.44 bits per heavy atom. The van der Waals surface area contributed by atoms with Crippen molar-refractivity contribution in [1.29, 1.82) is 0 Å². The van der Waals surface area contributed by atoms with Crippen molar-refractivity contribution in [3.63, 3.8) is 0 Å². The molecular weight excluding hydrogens is 667 g/mol. The molecule has 0 bridgehead atoms. The van der Waals surface area contributed by atoms with Gasteiger partial charge in [0.25, 0.3) is 0 Å². The number of aryl methyl sites for hydroxylation is 1. The molecule has 0 aliphatic heterocycles. The minimum absolute atomic E-state index is 0.0560. The molecular formula is C32H36Cl2N6O8. The summed E-state index contributed by atoms with van der Waals surface area (Å²) in [6, 6.07) is 15.1. The first kappa shape index (κ1) is 36.2. The van der Waals surface area contributed by atoms with Crippen LogP contribution in [0.15, 0.2) is 59.0 Å². The van der Waals surface area contributed by atoms with Gasteiger partial charge in [-0.15, -0.1) is 0 Å². The number of carboxylic acids is 1. The van der Waals surface area contributed by atoms with Crippen LogP contribution in [0, 0.1) is 6.92 Å². The molecule has 6 N–H and O–H groups in total. The molecule has 0 aliphatic carbocycles. The Morgan fingerprint density at radius 2 is 1.65 bits per heavy atom. The van der Waals surface area contributed by atoms with Crippen LogP contribution in [-0.4, -0.2) is 85.0 Å². The predicted octanol–water partition coefficient (Wildman–Crippen LogP) is 5.57. The molecule has 2 heterocycles. The molecule has 14 nitrogen and oxygen atoms in total. The Bertz CT molecular complexity index is 1670. The fraction of sp³-hybridized carbons (Fsp3) is 0.312. The zero-order valence-electron chi connectivity index (χ0n) is 26.1. The normalized spacial score (nSPS) is 10.8. The molecule has 0 unspecified atom stereocenters. The van der Waals surface area contributed by atoms with Gasteiger partial charge in [0.05, 0.1) is 55.9 Å². The first-order chi connectivity index (χ1) is 23.2. The fourth-order valence-corrected chi connectivity index (χ4v) is 4.70. The van der Waals surface area contributed by atoms with Gasteiger partial charge in [-0.3, -0.25) is 0 Å². The smallest absolute Gasteiger partial charge is 0.407 e. The highest BCUT2D eigenvalue weighted by atomic mass is 35.5. The van der Waals surface area contributed by atoms with Crippen molar-refractivity contribution in [1.82, 2.24) is 15.3 Å². The van der Waals surface area contributed by atoms with Crippen molar-refractivity contribution in [3.8, 4) is 11.3 Å². The highest BCUT2D eigenvalue weighted by Gasteiger charge is 2.18. The zero-order valence-corrected chi connectivity index (χ0v) is 27.6. The molecule has 0 fully saturated rings. The van der Waals surface area contributed by atoms with Crippen LogP contribution in [0.25, 0.3) is 11.3 Å². The maximum Gasteiger partial charge on any atom is 0.407 e. The highest BCUT2D eigenvalue weighted by Crippen LogP contribution is 2.34. The average molecular weight is 704 g/mol. The van der Waals surface area contributed by atoms with Crippen molar-refractivity contribution in [2.24, 2.45) is 0 Å². The molecule has 48 heavy (non-hydrogen) atoms. The minimum Gasteiger partial charge on any atom is -0.478 e. The number of ether oxygens (including phenoxy) is 3. The van der Waals surface area contributed by atoms with Crippen molar-refractivity contribution in [3.05, 3.63) is 81.8 Å². The van der Waals surface area contributed by atoms with Gasteiger partial charge >= 0.3 is 12.1 Å². The number of carbonyl (C=O) groups is 2. The van der Waals surface area contributed by atoms with Gasteiger partial charge in [-0.2, -0.15) is 0 Å². The molecule has 0 radical (unpaired) electrons. The molecule has 2 aromatic carbocycles. The van der Waals surface area contributed by atoms with Crippen molar-refractivity contribution in [2.75, 3.05) is 68.7 Å². The third-order valence-electron chi connectivity index (χ3n) is 6.48. The van der Waals surface area contributed by atoms with Crippen LogP contribution in [0.3, 0.4) is 0 Å². The topological polar surface area (TPSA) is 189 Å². The van der Waals surface area contributed by atoms with E-state index < -0.39 is 12.1 Å². The van der Waals surface area contributed by atoms with E-state index in [9.17, 15) is 14.7 Å². The monoisotopic (exact) mass is 702 g/mol. The molecule has 0 saturated heterocycles. The number of aliphatic hydroxyl groups is 1. The molecule has 4 aromatic rings. The standard InChI is InChI=1S/C32H36Cl2N6O8/c1-20-38-29(35-10-11-36-32(44)47-17-16-46-15-14-45-13-12-41)28(30(39-20)40-26-5-3-2-4-23(26)31(42)43)37-19-22-7-9-27(48-22)24-18-21(33)6-8-25(24)34/h2-9,18,37,41H,10-17,19H2,1H3,(H,36,44)(H,42,43)(H2,35,38,39,40). The number of carbonyl (C=O) groups excluding carboxylic acids is 1. The van der Waals surface area contributed by atoms with E-state index >= 15 is 0 Å². The zero-order chi connectivity index (χ0) is 34.3. The summed E-state index contributed by atoms with van der Waals surface area (Å²) in [7, 11) is 0. The summed E-state index contributed by atoms with van der Waals surface area (Å²) in [5.74, 6) is 1.12. The average Bonchev–Trinajstić information content (AvgIpc) is 3.54. The number of amides is 1. The van der Waals surface area contributed by atoms with E-state index in [2.05, 4.69) is 31.2 Å². The Balaban J connectivity index is 1.43. The van der Waals surface area contributed by atoms with Crippen LogP contribution >= 0.6 is 23.2 Å². The molecule has 0 aliphatic rings. The van der Waals surface area contributed by atoms with Gasteiger partial charge in [0.2, 0.25) is 0 Å². The maximum atomic E-state index is 12.1. The number of carboxylic acid groups (broad SMARTS) is 1. The van der Waals surface area contributed by atoms with E-state index in [4.69, 9.17) is 46.9 Å². The number of para-hydroxylation sites is 1. The van der Waals surface area contributed by atoms with Gasteiger partial charge < -0.3 is 50.1 Å². The number of rotatable bonds is 19. The lowest BCUT2D eigenvalue weighted by atomic mass is 10.2. The Hall–Kier alpha value is -4.60. The summed E-state index contributed by atoms with van der Waals surface area (Å²) in [4.78, 5) is 33.1. The number of benzene rings is 2. The Labute approximate surface area is 286 Å². The third-order valence-corrected chi connectivity index (χ3v) is 7.05. The molecule has 0 atom stereocenters. The third kappa shape index (κ3) is 11.0. The first-order valence-electron chi connectivity index (χ1n) is 14.9. The van der Waals surface area contributed by atoms with Gasteiger partial charge in [-0.1, -0.05) is 35.3 Å². The number of alkyl carbamates (subject to hydrolysis) is 1. The second kappa shape index (κ2) is 18.7. The number of aliphatic hydroxyl groups excluding tert-OH is 1. The van der Waals surface area contributed by atoms with Gasteiger partial charge in [0, 0.05) is 23.7 Å². The van der Waals surface area contributed by atoms with Gasteiger partial charge in [-0.05, 0) is 49.4 Å². The van der Waals surface area contributed by atoms with Crippen LogP contribution < -0.4 is 21.3 Å². The quantitative estimate of drug-likeness (QED) is 0.0666. The van der Waals surface area contributed by atoms with Crippen molar-refractivity contribution < 1.29 is 38.4 Å². The van der Waals surface area contributed by atoms with Crippen LogP contribution in [0.1, 0.15) is 21.9 Å². The van der Waals surface area contributed by atoms with Crippen LogP contribution in [0.4, 0.5) is 27.8 Å². The summed E-state index contributed by atoms with van der Waals surface area (Å²) < 4.78 is 21.5. The number of furan rings is 1. The van der Waals surface area contributed by atoms with Crippen molar-refractivity contribution >= 4 is 58.3 Å². The molecule has 0 saturated carbocycles. The number of nitrogens with zero attached hydrogens (tertiary/aromatic N) is 2. The number of hydrogen-bond acceptors (Lipinski definition) is 12. The lowest BCUT2D eigenvalue weighted by Crippen LogP contribution is -2.30. The minimum atomic E-state index is -1.10. The van der Waals surface area contributed by atoms with E-state index in [0.29, 0.717) is 69.2 Å². The number of hydrogen-bond donors (Lipinski definition) is 6. The number of aromatic carboxylic acids is 1. The Kier molecular flexibility index (Phi) is 14.1. The van der Waals surface area contributed by atoms with Gasteiger partial charge in [0.15, 0.2) is 11.6 Å². The lowest BCUT2D eigenvalue weighted by molar-refractivity contribution is 0.0187. The van der Waals surface area contributed by atoms with Crippen molar-refractivity contribution in [2.45, 2.75) is 13.5 Å². The molecule has 2 aromatic heterocycles. The van der Waals surface area contributed by atoms with Crippen LogP contribution in [0.2, 0.25) is 10.0 Å². The van der Waals surface area contributed by atoms with Gasteiger partial charge in [0.1, 0.15) is 29.6 Å². The number of anilines is 4. The maximum absolute atomic E-state index is 12.1. The molecule has 4 rings (SSSR count). The molecule has 1 amide bonds. The lowest BCUT2D eigenvalue weighted by Gasteiger charge is -2.18.